The second-order valence-corrected chi connectivity index (χ2v) is 13.3. The third-order valence-electron chi connectivity index (χ3n) is 7.25. The van der Waals surface area contributed by atoms with Crippen LogP contribution in [0, 0.1) is 0 Å². The first-order valence-electron chi connectivity index (χ1n) is 15.2. The lowest BCUT2D eigenvalue weighted by molar-refractivity contribution is -0.140. The van der Waals surface area contributed by atoms with Crippen LogP contribution < -0.4 is 9.47 Å². The predicted molar refractivity (Wildman–Crippen MR) is 179 cm³/mol. The van der Waals surface area contributed by atoms with Gasteiger partial charge in [-0.2, -0.15) is 26.3 Å². The second kappa shape index (κ2) is 17.6. The Hall–Kier alpha value is -4.30. The Morgan fingerprint density at radius 1 is 0.560 bits per heavy atom. The Kier molecular flexibility index (Phi) is 13.5. The van der Waals surface area contributed by atoms with E-state index >= 15 is 0 Å². The molecule has 0 spiro atoms. The zero-order valence-corrected chi connectivity index (χ0v) is 28.0. The molecule has 0 bridgehead atoms. The molecule has 0 saturated carbocycles. The van der Waals surface area contributed by atoms with Gasteiger partial charge in [-0.15, -0.1) is 23.5 Å². The predicted octanol–water partition coefficient (Wildman–Crippen LogP) is 9.77. The van der Waals surface area contributed by atoms with Crippen LogP contribution in [-0.4, -0.2) is 46.9 Å². The van der Waals surface area contributed by atoms with E-state index in [1.54, 1.807) is 48.5 Å². The first-order chi connectivity index (χ1) is 23.7. The van der Waals surface area contributed by atoms with Gasteiger partial charge in [-0.25, -0.2) is 9.59 Å². The van der Waals surface area contributed by atoms with Crippen LogP contribution in [0.5, 0.6) is 11.5 Å². The summed E-state index contributed by atoms with van der Waals surface area (Å²) < 4.78 is 94.9. The summed E-state index contributed by atoms with van der Waals surface area (Å²) >= 11 is 2.84. The monoisotopic (exact) mass is 738 g/mol. The van der Waals surface area contributed by atoms with Gasteiger partial charge in [-0.05, 0) is 120 Å². The highest BCUT2D eigenvalue weighted by atomic mass is 32.2. The van der Waals surface area contributed by atoms with Crippen molar-refractivity contribution < 1.29 is 55.6 Å². The summed E-state index contributed by atoms with van der Waals surface area (Å²) in [5.41, 5.74) is -1.63. The van der Waals surface area contributed by atoms with Gasteiger partial charge in [0.15, 0.2) is 13.2 Å². The fourth-order valence-corrected chi connectivity index (χ4v) is 6.64. The smallest absolute Gasteiger partial charge is 0.416 e. The lowest BCUT2D eigenvalue weighted by Crippen LogP contribution is -2.11. The van der Waals surface area contributed by atoms with E-state index in [0.29, 0.717) is 35.8 Å². The summed E-state index contributed by atoms with van der Waals surface area (Å²) in [6, 6.07) is 20.6. The maximum Gasteiger partial charge on any atom is 0.416 e. The molecule has 4 aromatic carbocycles. The molecule has 0 unspecified atom stereocenters. The molecule has 6 nitrogen and oxygen atoms in total. The van der Waals surface area contributed by atoms with E-state index in [1.807, 2.05) is 0 Å². The lowest BCUT2D eigenvalue weighted by atomic mass is 9.93. The van der Waals surface area contributed by atoms with Gasteiger partial charge in [0.05, 0.1) is 11.1 Å². The number of alkyl halides is 6. The molecule has 0 aliphatic rings. The highest BCUT2D eigenvalue weighted by molar-refractivity contribution is 7.99. The molecule has 2 N–H and O–H groups in total. The number of hydrogen-bond donors (Lipinski definition) is 2. The molecular weight excluding hydrogens is 707 g/mol. The molecular formula is C36H32F6O6S2. The minimum absolute atomic E-state index is 0.0315. The molecule has 14 heteroatoms. The fourth-order valence-electron chi connectivity index (χ4n) is 4.94. The minimum Gasteiger partial charge on any atom is -0.482 e. The van der Waals surface area contributed by atoms with E-state index in [2.05, 4.69) is 0 Å². The first-order valence-corrected chi connectivity index (χ1v) is 17.2. The molecule has 0 atom stereocenters. The summed E-state index contributed by atoms with van der Waals surface area (Å²) in [6.45, 7) is -0.951. The van der Waals surface area contributed by atoms with Crippen LogP contribution in [-0.2, 0) is 34.8 Å². The summed E-state index contributed by atoms with van der Waals surface area (Å²) in [5, 5.41) is 17.4. The maximum atomic E-state index is 14.1. The molecule has 0 radical (unpaired) electrons. The molecule has 0 saturated heterocycles. The number of thioether (sulfide) groups is 2. The van der Waals surface area contributed by atoms with Crippen molar-refractivity contribution in [1.82, 2.24) is 0 Å². The molecule has 0 aliphatic heterocycles. The van der Waals surface area contributed by atoms with Crippen molar-refractivity contribution in [2.75, 3.05) is 24.7 Å². The normalized spacial score (nSPS) is 11.7. The maximum absolute atomic E-state index is 14.1. The quantitative estimate of drug-likeness (QED) is 0.0629. The topological polar surface area (TPSA) is 93.1 Å². The number of halogens is 6. The average molecular weight is 739 g/mol. The van der Waals surface area contributed by atoms with Gasteiger partial charge in [0.2, 0.25) is 0 Å². The van der Waals surface area contributed by atoms with Crippen molar-refractivity contribution >= 4 is 35.5 Å². The largest absolute Gasteiger partial charge is 0.482 e. The molecule has 0 amide bonds. The molecule has 0 aromatic heterocycles. The number of hydrogen-bond acceptors (Lipinski definition) is 6. The van der Waals surface area contributed by atoms with Gasteiger partial charge in [0.1, 0.15) is 11.5 Å². The van der Waals surface area contributed by atoms with Crippen LogP contribution in [0.25, 0.3) is 11.1 Å². The number of carboxylic acid groups (broad SMARTS) is 2. The molecule has 50 heavy (non-hydrogen) atoms. The first kappa shape index (κ1) is 38.5. The van der Waals surface area contributed by atoms with Crippen LogP contribution in [0.4, 0.5) is 26.3 Å². The summed E-state index contributed by atoms with van der Waals surface area (Å²) in [6.07, 6.45) is -8.39. The molecule has 4 rings (SSSR count). The van der Waals surface area contributed by atoms with E-state index < -0.39 is 48.6 Å². The standard InChI is InChI=1S/C36H32F6O6S2/c37-35(38,39)31-19-25(7-5-23(31)3-1-17-49-29-13-9-27(10-14-29)47-21-33(43)44)26-8-6-24(32(20-26)36(40,41)42)4-2-18-50-30-15-11-28(12-16-30)48-22-34(45)46/h5-16,19-20H,1-4,17-18,21-22H2,(H,43,44)(H,45,46). The van der Waals surface area contributed by atoms with Gasteiger partial charge in [-0.1, -0.05) is 24.3 Å². The molecule has 0 fully saturated rings. The fraction of sp³-hybridized carbons (Fsp3) is 0.278. The number of carbonyl (C=O) groups is 2. The highest BCUT2D eigenvalue weighted by Crippen LogP contribution is 2.39. The number of ether oxygens (including phenoxy) is 2. The number of benzene rings is 4. The Labute approximate surface area is 292 Å². The lowest BCUT2D eigenvalue weighted by Gasteiger charge is -2.17. The van der Waals surface area contributed by atoms with Crippen molar-refractivity contribution in [3.63, 3.8) is 0 Å². The molecule has 0 heterocycles. The SMILES string of the molecule is O=C(O)COc1ccc(SCCCc2ccc(-c3ccc(CCCSc4ccc(OCC(=O)O)cc4)c(C(F)(F)F)c3)cc2C(F)(F)F)cc1. The van der Waals surface area contributed by atoms with E-state index in [-0.39, 0.29) is 35.1 Å². The van der Waals surface area contributed by atoms with Crippen LogP contribution in [0.1, 0.15) is 35.1 Å². The van der Waals surface area contributed by atoms with Gasteiger partial charge in [0, 0.05) is 9.79 Å². The van der Waals surface area contributed by atoms with Crippen LogP contribution in [0.15, 0.2) is 94.7 Å². The highest BCUT2D eigenvalue weighted by Gasteiger charge is 2.35. The number of carboxylic acids is 2. The van der Waals surface area contributed by atoms with E-state index in [0.717, 1.165) is 21.9 Å². The number of aryl methyl sites for hydroxylation is 2. The van der Waals surface area contributed by atoms with Crippen molar-refractivity contribution in [2.24, 2.45) is 0 Å². The van der Waals surface area contributed by atoms with Crippen molar-refractivity contribution in [1.29, 1.82) is 0 Å². The van der Waals surface area contributed by atoms with Crippen molar-refractivity contribution in [3.8, 4) is 22.6 Å². The second-order valence-electron chi connectivity index (χ2n) is 11.0. The molecule has 4 aromatic rings. The Balaban J connectivity index is 1.38. The van der Waals surface area contributed by atoms with Gasteiger partial charge < -0.3 is 19.7 Å². The summed E-state index contributed by atoms with van der Waals surface area (Å²) in [5.74, 6) is -0.452. The Morgan fingerprint density at radius 3 is 1.24 bits per heavy atom. The Bertz CT molecular complexity index is 1610. The van der Waals surface area contributed by atoms with Crippen molar-refractivity contribution in [3.05, 3.63) is 107 Å². The van der Waals surface area contributed by atoms with Crippen LogP contribution in [0.2, 0.25) is 0 Å². The zero-order chi connectivity index (χ0) is 36.3. The minimum atomic E-state index is -4.71. The van der Waals surface area contributed by atoms with Gasteiger partial charge in [0.25, 0.3) is 0 Å². The van der Waals surface area contributed by atoms with Crippen molar-refractivity contribution in [2.45, 2.75) is 47.8 Å². The summed E-state index contributed by atoms with van der Waals surface area (Å²) in [7, 11) is 0. The zero-order valence-electron chi connectivity index (χ0n) is 26.4. The van der Waals surface area contributed by atoms with Gasteiger partial charge >= 0.3 is 24.3 Å². The molecule has 266 valence electrons. The van der Waals surface area contributed by atoms with E-state index in [4.69, 9.17) is 19.7 Å². The van der Waals surface area contributed by atoms with E-state index in [1.165, 1.54) is 47.8 Å². The summed E-state index contributed by atoms with van der Waals surface area (Å²) in [4.78, 5) is 22.9. The molecule has 0 aliphatic carbocycles. The third kappa shape index (κ3) is 11.9. The van der Waals surface area contributed by atoms with Crippen LogP contribution >= 0.6 is 23.5 Å². The van der Waals surface area contributed by atoms with Crippen LogP contribution in [0.3, 0.4) is 0 Å². The van der Waals surface area contributed by atoms with Gasteiger partial charge in [-0.3, -0.25) is 0 Å². The average Bonchev–Trinajstić information content (AvgIpc) is 3.07. The Morgan fingerprint density at radius 2 is 0.920 bits per heavy atom. The van der Waals surface area contributed by atoms with E-state index in [9.17, 15) is 35.9 Å². The number of rotatable bonds is 17. The third-order valence-corrected chi connectivity index (χ3v) is 9.45. The number of aliphatic carboxylic acids is 2.